The van der Waals surface area contributed by atoms with Crippen LogP contribution in [-0.4, -0.2) is 15.0 Å². The minimum atomic E-state index is -0.262. The summed E-state index contributed by atoms with van der Waals surface area (Å²) in [5.41, 5.74) is 7.83. The van der Waals surface area contributed by atoms with E-state index in [9.17, 15) is 4.39 Å². The number of aromatic amines is 1. The molecule has 0 aliphatic rings. The highest BCUT2D eigenvalue weighted by Crippen LogP contribution is 2.23. The summed E-state index contributed by atoms with van der Waals surface area (Å²) >= 11 is 0. The van der Waals surface area contributed by atoms with Crippen LogP contribution in [0.1, 0.15) is 0 Å². The Morgan fingerprint density at radius 3 is 2.88 bits per heavy atom. The van der Waals surface area contributed by atoms with Gasteiger partial charge in [0.25, 0.3) is 0 Å². The first-order valence-electron chi connectivity index (χ1n) is 5.08. The maximum absolute atomic E-state index is 13.1. The standard InChI is InChI=1S/C12H9FN4/c13-8-1-2-9-7(3-8)4-10(16-9)11-5-15-6-12(14)17-11/h1-6,16H,(H2,14,17). The van der Waals surface area contributed by atoms with E-state index in [0.717, 1.165) is 16.6 Å². The first kappa shape index (κ1) is 9.77. The molecule has 3 N–H and O–H groups in total. The van der Waals surface area contributed by atoms with Gasteiger partial charge in [0.1, 0.15) is 17.3 Å². The quantitative estimate of drug-likeness (QED) is 0.671. The van der Waals surface area contributed by atoms with Gasteiger partial charge < -0.3 is 10.7 Å². The van der Waals surface area contributed by atoms with Crippen molar-refractivity contribution in [1.29, 1.82) is 0 Å². The first-order valence-corrected chi connectivity index (χ1v) is 5.08. The molecule has 0 spiro atoms. The lowest BCUT2D eigenvalue weighted by molar-refractivity contribution is 0.630. The highest BCUT2D eigenvalue weighted by atomic mass is 19.1. The van der Waals surface area contributed by atoms with Crippen LogP contribution < -0.4 is 5.73 Å². The molecule has 0 radical (unpaired) electrons. The van der Waals surface area contributed by atoms with E-state index in [1.807, 2.05) is 6.07 Å². The van der Waals surface area contributed by atoms with Crippen LogP contribution in [0, 0.1) is 5.82 Å². The van der Waals surface area contributed by atoms with E-state index >= 15 is 0 Å². The van der Waals surface area contributed by atoms with Crippen LogP contribution in [0.3, 0.4) is 0 Å². The summed E-state index contributed by atoms with van der Waals surface area (Å²) < 4.78 is 13.1. The fraction of sp³-hybridized carbons (Fsp3) is 0. The van der Waals surface area contributed by atoms with Crippen LogP contribution in [0.2, 0.25) is 0 Å². The summed E-state index contributed by atoms with van der Waals surface area (Å²) in [6.07, 6.45) is 3.09. The van der Waals surface area contributed by atoms with Crippen LogP contribution in [0.15, 0.2) is 36.7 Å². The Morgan fingerprint density at radius 2 is 2.06 bits per heavy atom. The van der Waals surface area contributed by atoms with Crippen LogP contribution >= 0.6 is 0 Å². The topological polar surface area (TPSA) is 67.6 Å². The fourth-order valence-electron chi connectivity index (χ4n) is 1.75. The molecule has 84 valence electrons. The summed E-state index contributed by atoms with van der Waals surface area (Å²) in [5.74, 6) is 0.0917. The van der Waals surface area contributed by atoms with Gasteiger partial charge in [0.15, 0.2) is 0 Å². The monoisotopic (exact) mass is 228 g/mol. The molecule has 0 unspecified atom stereocenters. The number of nitrogens with two attached hydrogens (primary N) is 1. The number of fused-ring (bicyclic) bond motifs is 1. The predicted molar refractivity (Wildman–Crippen MR) is 63.7 cm³/mol. The third-order valence-corrected chi connectivity index (χ3v) is 2.51. The van der Waals surface area contributed by atoms with Crippen molar-refractivity contribution in [1.82, 2.24) is 15.0 Å². The summed E-state index contributed by atoms with van der Waals surface area (Å²) in [6.45, 7) is 0. The van der Waals surface area contributed by atoms with Crippen LogP contribution in [0.25, 0.3) is 22.3 Å². The van der Waals surface area contributed by atoms with Crippen molar-refractivity contribution >= 4 is 16.7 Å². The Bertz CT molecular complexity index is 690. The van der Waals surface area contributed by atoms with Gasteiger partial charge >= 0.3 is 0 Å². The highest BCUT2D eigenvalue weighted by Gasteiger charge is 2.05. The number of halogens is 1. The maximum Gasteiger partial charge on any atom is 0.142 e. The molecule has 1 aromatic carbocycles. The Hall–Kier alpha value is -2.43. The molecular weight excluding hydrogens is 219 g/mol. The first-order chi connectivity index (χ1) is 8.22. The van der Waals surface area contributed by atoms with E-state index in [1.54, 1.807) is 12.3 Å². The Kier molecular flexibility index (Phi) is 2.04. The number of H-pyrrole nitrogens is 1. The van der Waals surface area contributed by atoms with E-state index < -0.39 is 0 Å². The van der Waals surface area contributed by atoms with Crippen molar-refractivity contribution in [3.63, 3.8) is 0 Å². The molecule has 0 saturated carbocycles. The molecule has 0 saturated heterocycles. The average molecular weight is 228 g/mol. The summed E-state index contributed by atoms with van der Waals surface area (Å²) in [6, 6.07) is 6.39. The minimum Gasteiger partial charge on any atom is -0.382 e. The molecule has 2 heterocycles. The van der Waals surface area contributed by atoms with Crippen molar-refractivity contribution in [2.24, 2.45) is 0 Å². The maximum atomic E-state index is 13.1. The second-order valence-electron chi connectivity index (χ2n) is 3.74. The molecule has 0 bridgehead atoms. The van der Waals surface area contributed by atoms with E-state index in [4.69, 9.17) is 5.73 Å². The summed E-state index contributed by atoms with van der Waals surface area (Å²) in [5, 5.41) is 0.796. The molecule has 4 nitrogen and oxygen atoms in total. The van der Waals surface area contributed by atoms with E-state index in [0.29, 0.717) is 11.5 Å². The van der Waals surface area contributed by atoms with Gasteiger partial charge in [-0.1, -0.05) is 0 Å². The lowest BCUT2D eigenvalue weighted by Gasteiger charge is -1.96. The van der Waals surface area contributed by atoms with Crippen molar-refractivity contribution in [2.75, 3.05) is 5.73 Å². The highest BCUT2D eigenvalue weighted by molar-refractivity contribution is 5.85. The van der Waals surface area contributed by atoms with Crippen molar-refractivity contribution in [3.8, 4) is 11.4 Å². The molecule has 0 fully saturated rings. The molecule has 3 aromatic rings. The number of nitrogens with one attached hydrogen (secondary N) is 1. The molecule has 0 aliphatic heterocycles. The van der Waals surface area contributed by atoms with E-state index in [2.05, 4.69) is 15.0 Å². The van der Waals surface area contributed by atoms with E-state index in [-0.39, 0.29) is 5.82 Å². The number of hydrogen-bond acceptors (Lipinski definition) is 3. The zero-order valence-electron chi connectivity index (χ0n) is 8.81. The largest absolute Gasteiger partial charge is 0.382 e. The van der Waals surface area contributed by atoms with Crippen LogP contribution in [0.5, 0.6) is 0 Å². The van der Waals surface area contributed by atoms with Crippen molar-refractivity contribution < 1.29 is 4.39 Å². The fourth-order valence-corrected chi connectivity index (χ4v) is 1.75. The zero-order valence-corrected chi connectivity index (χ0v) is 8.81. The van der Waals surface area contributed by atoms with Gasteiger partial charge in [-0.05, 0) is 24.3 Å². The average Bonchev–Trinajstić information content (AvgIpc) is 2.72. The summed E-state index contributed by atoms with van der Waals surface area (Å²) in [7, 11) is 0. The van der Waals surface area contributed by atoms with Gasteiger partial charge in [0.2, 0.25) is 0 Å². The van der Waals surface area contributed by atoms with Crippen LogP contribution in [0.4, 0.5) is 10.2 Å². The zero-order chi connectivity index (χ0) is 11.8. The molecule has 0 atom stereocenters. The number of nitrogens with zero attached hydrogens (tertiary/aromatic N) is 2. The molecule has 0 aliphatic carbocycles. The predicted octanol–water partition coefficient (Wildman–Crippen LogP) is 2.35. The molecule has 0 amide bonds. The number of rotatable bonds is 1. The number of nitrogen functional groups attached to an aromatic ring is 1. The van der Waals surface area contributed by atoms with Gasteiger partial charge in [0.05, 0.1) is 18.1 Å². The number of benzene rings is 1. The van der Waals surface area contributed by atoms with Gasteiger partial charge in [-0.2, -0.15) is 0 Å². The van der Waals surface area contributed by atoms with Crippen molar-refractivity contribution in [3.05, 3.63) is 42.5 Å². The lowest BCUT2D eigenvalue weighted by atomic mass is 10.2. The smallest absolute Gasteiger partial charge is 0.142 e. The van der Waals surface area contributed by atoms with Gasteiger partial charge in [-0.3, -0.25) is 4.98 Å². The Labute approximate surface area is 96.3 Å². The van der Waals surface area contributed by atoms with Crippen LogP contribution in [-0.2, 0) is 0 Å². The van der Waals surface area contributed by atoms with Crippen molar-refractivity contribution in [2.45, 2.75) is 0 Å². The SMILES string of the molecule is Nc1cncc(-c2cc3cc(F)ccc3[nH]2)n1. The van der Waals surface area contributed by atoms with Gasteiger partial charge in [-0.15, -0.1) is 0 Å². The van der Waals surface area contributed by atoms with Gasteiger partial charge in [-0.25, -0.2) is 9.37 Å². The summed E-state index contributed by atoms with van der Waals surface area (Å²) in [4.78, 5) is 11.3. The second-order valence-corrected chi connectivity index (χ2v) is 3.74. The lowest BCUT2D eigenvalue weighted by Crippen LogP contribution is -1.93. The van der Waals surface area contributed by atoms with E-state index in [1.165, 1.54) is 18.3 Å². The molecule has 2 aromatic heterocycles. The third kappa shape index (κ3) is 1.71. The molecular formula is C12H9FN4. The normalized spacial score (nSPS) is 10.9. The third-order valence-electron chi connectivity index (χ3n) is 2.51. The molecule has 3 rings (SSSR count). The Balaban J connectivity index is 2.18. The second kappa shape index (κ2) is 3.55. The van der Waals surface area contributed by atoms with Gasteiger partial charge in [0, 0.05) is 10.9 Å². The Morgan fingerprint density at radius 1 is 1.18 bits per heavy atom. The number of aromatic nitrogens is 3. The number of anilines is 1. The molecule has 5 heteroatoms. The minimum absolute atomic E-state index is 0.262. The number of hydrogen-bond donors (Lipinski definition) is 2. The molecule has 17 heavy (non-hydrogen) atoms.